The molecule has 2 N–H and O–H groups in total. The fourth-order valence-corrected chi connectivity index (χ4v) is 2.44. The lowest BCUT2D eigenvalue weighted by Crippen LogP contribution is -2.17. The van der Waals surface area contributed by atoms with Crippen LogP contribution in [0.1, 0.15) is 30.6 Å². The maximum atomic E-state index is 5.98. The summed E-state index contributed by atoms with van der Waals surface area (Å²) in [7, 11) is 2.07. The maximum absolute atomic E-state index is 5.98. The van der Waals surface area contributed by atoms with Gasteiger partial charge in [-0.15, -0.1) is 0 Å². The Labute approximate surface area is 129 Å². The summed E-state index contributed by atoms with van der Waals surface area (Å²) in [5.74, 6) is 0. The van der Waals surface area contributed by atoms with Crippen LogP contribution in [0.3, 0.4) is 0 Å². The Hall–Kier alpha value is -1.39. The number of rotatable bonds is 5. The number of hydrogen-bond acceptors (Lipinski definition) is 3. The summed E-state index contributed by atoms with van der Waals surface area (Å²) in [6.07, 6.45) is 2.79. The van der Waals surface area contributed by atoms with Crippen molar-refractivity contribution < 1.29 is 0 Å². The van der Waals surface area contributed by atoms with Crippen LogP contribution in [0.4, 0.5) is 5.69 Å². The SMILES string of the molecule is CC[C@H](N)c1ccc(N(C)Cc2ccccc2Br)cn1. The van der Waals surface area contributed by atoms with Gasteiger partial charge in [0.2, 0.25) is 0 Å². The molecule has 1 heterocycles. The zero-order chi connectivity index (χ0) is 14.5. The lowest BCUT2D eigenvalue weighted by molar-refractivity contribution is 0.675. The molecular weight excluding hydrogens is 314 g/mol. The standard InChI is InChI=1S/C16H20BrN3/c1-3-15(18)16-9-8-13(10-19-16)20(2)11-12-6-4-5-7-14(12)17/h4-10,15H,3,11,18H2,1-2H3/t15-/m0/s1. The first-order chi connectivity index (χ1) is 9.61. The van der Waals surface area contributed by atoms with E-state index in [1.165, 1.54) is 5.56 Å². The molecule has 2 aromatic rings. The predicted molar refractivity (Wildman–Crippen MR) is 87.7 cm³/mol. The smallest absolute Gasteiger partial charge is 0.0572 e. The zero-order valence-electron chi connectivity index (χ0n) is 11.9. The van der Waals surface area contributed by atoms with Crippen molar-refractivity contribution in [3.8, 4) is 0 Å². The first-order valence-electron chi connectivity index (χ1n) is 6.78. The molecule has 3 nitrogen and oxygen atoms in total. The van der Waals surface area contributed by atoms with E-state index < -0.39 is 0 Å². The minimum Gasteiger partial charge on any atom is -0.369 e. The van der Waals surface area contributed by atoms with E-state index in [9.17, 15) is 0 Å². The van der Waals surface area contributed by atoms with Gasteiger partial charge < -0.3 is 10.6 Å². The normalized spacial score (nSPS) is 12.2. The molecule has 0 saturated carbocycles. The number of halogens is 1. The molecule has 106 valence electrons. The van der Waals surface area contributed by atoms with Crippen molar-refractivity contribution >= 4 is 21.6 Å². The molecule has 0 unspecified atom stereocenters. The molecule has 4 heteroatoms. The van der Waals surface area contributed by atoms with Gasteiger partial charge in [0.15, 0.2) is 0 Å². The monoisotopic (exact) mass is 333 g/mol. The molecular formula is C16H20BrN3. The Kier molecular flexibility index (Phi) is 5.15. The van der Waals surface area contributed by atoms with Crippen molar-refractivity contribution in [3.05, 3.63) is 58.3 Å². The summed E-state index contributed by atoms with van der Waals surface area (Å²) in [6, 6.07) is 12.4. The Morgan fingerprint density at radius 1 is 1.25 bits per heavy atom. The lowest BCUT2D eigenvalue weighted by atomic mass is 10.1. The van der Waals surface area contributed by atoms with Crippen LogP contribution in [-0.2, 0) is 6.54 Å². The summed E-state index contributed by atoms with van der Waals surface area (Å²) < 4.78 is 1.13. The summed E-state index contributed by atoms with van der Waals surface area (Å²) >= 11 is 3.58. The van der Waals surface area contributed by atoms with Gasteiger partial charge in [-0.2, -0.15) is 0 Å². The Morgan fingerprint density at radius 2 is 2.00 bits per heavy atom. The van der Waals surface area contributed by atoms with Gasteiger partial charge in [0.05, 0.1) is 17.6 Å². The molecule has 0 spiro atoms. The van der Waals surface area contributed by atoms with Crippen LogP contribution in [0.25, 0.3) is 0 Å². The van der Waals surface area contributed by atoms with E-state index in [-0.39, 0.29) is 6.04 Å². The number of aromatic nitrogens is 1. The molecule has 1 atom stereocenters. The molecule has 0 aliphatic carbocycles. The van der Waals surface area contributed by atoms with Crippen LogP contribution in [0.5, 0.6) is 0 Å². The van der Waals surface area contributed by atoms with Crippen molar-refractivity contribution in [2.45, 2.75) is 25.9 Å². The predicted octanol–water partition coefficient (Wildman–Crippen LogP) is 3.89. The van der Waals surface area contributed by atoms with E-state index in [2.05, 4.69) is 64.1 Å². The average molecular weight is 334 g/mol. The topological polar surface area (TPSA) is 42.1 Å². The third-order valence-corrected chi connectivity index (χ3v) is 4.17. The van der Waals surface area contributed by atoms with Gasteiger partial charge in [-0.1, -0.05) is 41.1 Å². The van der Waals surface area contributed by atoms with E-state index in [4.69, 9.17) is 5.73 Å². The summed E-state index contributed by atoms with van der Waals surface area (Å²) in [6.45, 7) is 2.90. The summed E-state index contributed by atoms with van der Waals surface area (Å²) in [5.41, 5.74) is 9.28. The molecule has 0 aliphatic heterocycles. The van der Waals surface area contributed by atoms with Gasteiger partial charge in [-0.3, -0.25) is 4.98 Å². The van der Waals surface area contributed by atoms with E-state index in [0.29, 0.717) is 0 Å². The largest absolute Gasteiger partial charge is 0.369 e. The van der Waals surface area contributed by atoms with Crippen molar-refractivity contribution in [1.82, 2.24) is 4.98 Å². The first-order valence-corrected chi connectivity index (χ1v) is 7.57. The van der Waals surface area contributed by atoms with E-state index >= 15 is 0 Å². The second-order valence-corrected chi connectivity index (χ2v) is 5.76. The fourth-order valence-electron chi connectivity index (χ4n) is 2.03. The Balaban J connectivity index is 2.10. The van der Waals surface area contributed by atoms with Crippen LogP contribution >= 0.6 is 15.9 Å². The number of anilines is 1. The van der Waals surface area contributed by atoms with Crippen LogP contribution in [0, 0.1) is 0 Å². The van der Waals surface area contributed by atoms with Gasteiger partial charge in [-0.25, -0.2) is 0 Å². The molecule has 0 saturated heterocycles. The van der Waals surface area contributed by atoms with Crippen molar-refractivity contribution in [2.75, 3.05) is 11.9 Å². The number of hydrogen-bond donors (Lipinski definition) is 1. The maximum Gasteiger partial charge on any atom is 0.0572 e. The Morgan fingerprint density at radius 3 is 2.60 bits per heavy atom. The van der Waals surface area contributed by atoms with Crippen LogP contribution in [-0.4, -0.2) is 12.0 Å². The summed E-state index contributed by atoms with van der Waals surface area (Å²) in [5, 5.41) is 0. The van der Waals surface area contributed by atoms with Crippen LogP contribution in [0.2, 0.25) is 0 Å². The van der Waals surface area contributed by atoms with Gasteiger partial charge in [0.25, 0.3) is 0 Å². The molecule has 0 fully saturated rings. The third-order valence-electron chi connectivity index (χ3n) is 3.40. The summed E-state index contributed by atoms with van der Waals surface area (Å²) in [4.78, 5) is 6.63. The van der Waals surface area contributed by atoms with Crippen LogP contribution in [0.15, 0.2) is 47.1 Å². The fraction of sp³-hybridized carbons (Fsp3) is 0.312. The van der Waals surface area contributed by atoms with Crippen molar-refractivity contribution in [3.63, 3.8) is 0 Å². The molecule has 0 bridgehead atoms. The molecule has 0 aliphatic rings. The van der Waals surface area contributed by atoms with Crippen molar-refractivity contribution in [1.29, 1.82) is 0 Å². The average Bonchev–Trinajstić information content (AvgIpc) is 2.49. The van der Waals surface area contributed by atoms with Gasteiger partial charge >= 0.3 is 0 Å². The number of nitrogens with zero attached hydrogens (tertiary/aromatic N) is 2. The van der Waals surface area contributed by atoms with Gasteiger partial charge in [0.1, 0.15) is 0 Å². The first kappa shape index (κ1) is 15.0. The molecule has 0 radical (unpaired) electrons. The minimum atomic E-state index is 0.0256. The highest BCUT2D eigenvalue weighted by Gasteiger charge is 2.08. The van der Waals surface area contributed by atoms with Crippen molar-refractivity contribution in [2.24, 2.45) is 5.73 Å². The highest BCUT2D eigenvalue weighted by atomic mass is 79.9. The molecule has 1 aromatic heterocycles. The van der Waals surface area contributed by atoms with E-state index in [1.54, 1.807) is 0 Å². The van der Waals surface area contributed by atoms with E-state index in [1.807, 2.05) is 18.3 Å². The quantitative estimate of drug-likeness (QED) is 0.902. The number of pyridine rings is 1. The van der Waals surface area contributed by atoms with E-state index in [0.717, 1.165) is 28.8 Å². The molecule has 2 rings (SSSR count). The van der Waals surface area contributed by atoms with Crippen LogP contribution < -0.4 is 10.6 Å². The highest BCUT2D eigenvalue weighted by molar-refractivity contribution is 9.10. The molecule has 20 heavy (non-hydrogen) atoms. The van der Waals surface area contributed by atoms with Gasteiger partial charge in [-0.05, 0) is 30.2 Å². The Bertz CT molecular complexity index is 554. The zero-order valence-corrected chi connectivity index (χ0v) is 13.5. The minimum absolute atomic E-state index is 0.0256. The molecule has 1 aromatic carbocycles. The van der Waals surface area contributed by atoms with Gasteiger partial charge in [0, 0.05) is 24.1 Å². The second kappa shape index (κ2) is 6.86. The third kappa shape index (κ3) is 3.58. The molecule has 0 amide bonds. The lowest BCUT2D eigenvalue weighted by Gasteiger charge is -2.20. The highest BCUT2D eigenvalue weighted by Crippen LogP contribution is 2.21. The number of nitrogens with two attached hydrogens (primary N) is 1. The second-order valence-electron chi connectivity index (χ2n) is 4.90. The number of benzene rings is 1.